The van der Waals surface area contributed by atoms with E-state index < -0.39 is 17.9 Å². The maximum atomic E-state index is 11.7. The molecule has 0 fully saturated rings. The van der Waals surface area contributed by atoms with Crippen LogP contribution in [0.2, 0.25) is 0 Å². The smallest absolute Gasteiger partial charge is 0.308 e. The van der Waals surface area contributed by atoms with Gasteiger partial charge in [0.05, 0.1) is 5.92 Å². The van der Waals surface area contributed by atoms with Crippen molar-refractivity contribution in [3.05, 3.63) is 28.5 Å². The quantitative estimate of drug-likeness (QED) is 0.829. The Bertz CT molecular complexity index is 436. The molecule has 1 heterocycles. The highest BCUT2D eigenvalue weighted by Crippen LogP contribution is 2.08. The Morgan fingerprint density at radius 3 is 2.59 bits per heavy atom. The number of nitrogens with zero attached hydrogens (tertiary/aromatic N) is 1. The number of hydrogen-bond donors (Lipinski definition) is 2. The maximum absolute atomic E-state index is 11.7. The van der Waals surface area contributed by atoms with Crippen LogP contribution in [0.15, 0.2) is 22.8 Å². The zero-order valence-electron chi connectivity index (χ0n) is 9.48. The maximum Gasteiger partial charge on any atom is 0.308 e. The van der Waals surface area contributed by atoms with Crippen LogP contribution in [0.4, 0.5) is 0 Å². The van der Waals surface area contributed by atoms with Crippen molar-refractivity contribution >= 4 is 27.8 Å². The van der Waals surface area contributed by atoms with E-state index in [4.69, 9.17) is 5.11 Å². The zero-order chi connectivity index (χ0) is 13.0. The minimum Gasteiger partial charge on any atom is -0.481 e. The molecule has 0 aliphatic heterocycles. The molecule has 1 amide bonds. The van der Waals surface area contributed by atoms with E-state index in [0.717, 1.165) is 0 Å². The number of amides is 1. The Morgan fingerprint density at radius 2 is 2.06 bits per heavy atom. The van der Waals surface area contributed by atoms with Gasteiger partial charge < -0.3 is 10.4 Å². The third-order valence-electron chi connectivity index (χ3n) is 2.45. The fourth-order valence-corrected chi connectivity index (χ4v) is 1.50. The number of pyridine rings is 1. The van der Waals surface area contributed by atoms with Gasteiger partial charge in [0.2, 0.25) is 0 Å². The molecule has 5 nitrogen and oxygen atoms in total. The molecular formula is C11H13BrN2O3. The largest absolute Gasteiger partial charge is 0.481 e. The fraction of sp³-hybridized carbons (Fsp3) is 0.364. The number of carbonyl (C=O) groups excluding carboxylic acids is 1. The number of nitrogens with one attached hydrogen (secondary N) is 1. The van der Waals surface area contributed by atoms with Crippen molar-refractivity contribution in [2.24, 2.45) is 5.92 Å². The van der Waals surface area contributed by atoms with Crippen LogP contribution in [0.1, 0.15) is 24.3 Å². The number of halogens is 1. The van der Waals surface area contributed by atoms with Crippen molar-refractivity contribution in [2.45, 2.75) is 19.9 Å². The van der Waals surface area contributed by atoms with Crippen LogP contribution < -0.4 is 5.32 Å². The summed E-state index contributed by atoms with van der Waals surface area (Å²) in [6.07, 6.45) is 0. The van der Waals surface area contributed by atoms with Crippen molar-refractivity contribution in [3.8, 4) is 0 Å². The van der Waals surface area contributed by atoms with Crippen molar-refractivity contribution in [1.82, 2.24) is 10.3 Å². The van der Waals surface area contributed by atoms with E-state index >= 15 is 0 Å². The third kappa shape index (κ3) is 3.81. The Labute approximate surface area is 107 Å². The highest BCUT2D eigenvalue weighted by atomic mass is 79.9. The molecule has 1 aromatic rings. The van der Waals surface area contributed by atoms with E-state index in [1.165, 1.54) is 0 Å². The Hall–Kier alpha value is -1.43. The highest BCUT2D eigenvalue weighted by Gasteiger charge is 2.21. The van der Waals surface area contributed by atoms with Gasteiger partial charge in [-0.05, 0) is 41.9 Å². The van der Waals surface area contributed by atoms with Gasteiger partial charge >= 0.3 is 5.97 Å². The summed E-state index contributed by atoms with van der Waals surface area (Å²) in [6.45, 7) is 3.19. The molecule has 6 heteroatoms. The van der Waals surface area contributed by atoms with Gasteiger partial charge in [0.1, 0.15) is 10.3 Å². The number of carbonyl (C=O) groups is 2. The molecule has 2 unspecified atom stereocenters. The lowest BCUT2D eigenvalue weighted by atomic mass is 10.0. The molecule has 17 heavy (non-hydrogen) atoms. The van der Waals surface area contributed by atoms with Gasteiger partial charge in [-0.2, -0.15) is 0 Å². The Kier molecular flexibility index (Phi) is 4.62. The molecule has 0 saturated carbocycles. The monoisotopic (exact) mass is 300 g/mol. The third-order valence-corrected chi connectivity index (χ3v) is 2.89. The predicted molar refractivity (Wildman–Crippen MR) is 65.7 cm³/mol. The standard InChI is InChI=1S/C11H13BrN2O3/c1-6(11(16)17)7(2)13-10(15)8-4-3-5-9(12)14-8/h3-7H,1-2H3,(H,13,15)(H,16,17). The minimum atomic E-state index is -0.944. The van der Waals surface area contributed by atoms with Gasteiger partial charge in [0, 0.05) is 6.04 Å². The number of aliphatic carboxylic acids is 1. The first-order valence-corrected chi connectivity index (χ1v) is 5.87. The first kappa shape index (κ1) is 13.6. The molecule has 1 rings (SSSR count). The molecule has 2 N–H and O–H groups in total. The summed E-state index contributed by atoms with van der Waals surface area (Å²) in [7, 11) is 0. The number of rotatable bonds is 4. The normalized spacial score (nSPS) is 13.8. The summed E-state index contributed by atoms with van der Waals surface area (Å²) in [5, 5.41) is 11.4. The molecule has 2 atom stereocenters. The summed E-state index contributed by atoms with van der Waals surface area (Å²) in [5.41, 5.74) is 0.254. The van der Waals surface area contributed by atoms with Crippen LogP contribution in [0, 0.1) is 5.92 Å². The summed E-state index contributed by atoms with van der Waals surface area (Å²) in [5.74, 6) is -1.97. The van der Waals surface area contributed by atoms with Gasteiger partial charge in [-0.15, -0.1) is 0 Å². The van der Waals surface area contributed by atoms with Crippen LogP contribution in [0.25, 0.3) is 0 Å². The van der Waals surface area contributed by atoms with Crippen molar-refractivity contribution < 1.29 is 14.7 Å². The van der Waals surface area contributed by atoms with Crippen molar-refractivity contribution in [2.75, 3.05) is 0 Å². The summed E-state index contributed by atoms with van der Waals surface area (Å²) in [4.78, 5) is 26.5. The number of hydrogen-bond acceptors (Lipinski definition) is 3. The van der Waals surface area contributed by atoms with Crippen molar-refractivity contribution in [1.29, 1.82) is 0 Å². The van der Waals surface area contributed by atoms with Gasteiger partial charge in [0.25, 0.3) is 5.91 Å². The van der Waals surface area contributed by atoms with Crippen LogP contribution >= 0.6 is 15.9 Å². The average molecular weight is 301 g/mol. The van der Waals surface area contributed by atoms with Crippen LogP contribution in [-0.2, 0) is 4.79 Å². The topological polar surface area (TPSA) is 79.3 Å². The number of carboxylic acid groups (broad SMARTS) is 1. The number of carboxylic acids is 1. The lowest BCUT2D eigenvalue weighted by Crippen LogP contribution is -2.40. The van der Waals surface area contributed by atoms with Gasteiger partial charge in [0.15, 0.2) is 0 Å². The van der Waals surface area contributed by atoms with Gasteiger partial charge in [-0.3, -0.25) is 9.59 Å². The van der Waals surface area contributed by atoms with E-state index in [-0.39, 0.29) is 11.6 Å². The molecule has 0 spiro atoms. The molecule has 0 aromatic carbocycles. The summed E-state index contributed by atoms with van der Waals surface area (Å²) >= 11 is 3.16. The Balaban J connectivity index is 2.70. The highest BCUT2D eigenvalue weighted by molar-refractivity contribution is 9.10. The van der Waals surface area contributed by atoms with E-state index in [2.05, 4.69) is 26.2 Å². The van der Waals surface area contributed by atoms with E-state index in [1.54, 1.807) is 32.0 Å². The average Bonchev–Trinajstić information content (AvgIpc) is 2.27. The molecule has 0 saturated heterocycles. The lowest BCUT2D eigenvalue weighted by molar-refractivity contribution is -0.141. The summed E-state index contributed by atoms with van der Waals surface area (Å²) in [6, 6.07) is 4.51. The number of aromatic nitrogens is 1. The van der Waals surface area contributed by atoms with E-state index in [1.807, 2.05) is 0 Å². The lowest BCUT2D eigenvalue weighted by Gasteiger charge is -2.17. The molecule has 1 aromatic heterocycles. The second-order valence-electron chi connectivity index (χ2n) is 3.73. The molecule has 0 aliphatic carbocycles. The van der Waals surface area contributed by atoms with Crippen LogP contribution in [-0.4, -0.2) is 28.0 Å². The molecule has 0 aliphatic rings. The zero-order valence-corrected chi connectivity index (χ0v) is 11.1. The SMILES string of the molecule is CC(NC(=O)c1cccc(Br)n1)C(C)C(=O)O. The van der Waals surface area contributed by atoms with Crippen LogP contribution in [0.5, 0.6) is 0 Å². The second kappa shape index (κ2) is 5.77. The first-order chi connectivity index (χ1) is 7.91. The second-order valence-corrected chi connectivity index (χ2v) is 4.55. The molecule has 92 valence electrons. The minimum absolute atomic E-state index is 0.254. The molecule has 0 radical (unpaired) electrons. The van der Waals surface area contributed by atoms with E-state index in [9.17, 15) is 9.59 Å². The predicted octanol–water partition coefficient (Wildman–Crippen LogP) is 1.68. The molecule has 0 bridgehead atoms. The van der Waals surface area contributed by atoms with E-state index in [0.29, 0.717) is 4.60 Å². The van der Waals surface area contributed by atoms with Gasteiger partial charge in [-0.1, -0.05) is 6.07 Å². The van der Waals surface area contributed by atoms with Gasteiger partial charge in [-0.25, -0.2) is 4.98 Å². The Morgan fingerprint density at radius 1 is 1.41 bits per heavy atom. The van der Waals surface area contributed by atoms with Crippen LogP contribution in [0.3, 0.4) is 0 Å². The summed E-state index contributed by atoms with van der Waals surface area (Å²) < 4.78 is 0.559. The van der Waals surface area contributed by atoms with Crippen molar-refractivity contribution in [3.63, 3.8) is 0 Å². The molecular weight excluding hydrogens is 288 g/mol. The fourth-order valence-electron chi connectivity index (χ4n) is 1.15. The first-order valence-electron chi connectivity index (χ1n) is 5.08.